The zero-order valence-electron chi connectivity index (χ0n) is 24.1. The molecule has 46 heavy (non-hydrogen) atoms. The Morgan fingerprint density at radius 3 is 2.33 bits per heavy atom. The van der Waals surface area contributed by atoms with E-state index in [1.165, 1.54) is 42.5 Å². The van der Waals surface area contributed by atoms with Crippen LogP contribution >= 0.6 is 11.6 Å². The smallest absolute Gasteiger partial charge is 0.335 e. The van der Waals surface area contributed by atoms with Crippen LogP contribution in [0.3, 0.4) is 0 Å². The van der Waals surface area contributed by atoms with Crippen molar-refractivity contribution in [3.63, 3.8) is 0 Å². The molecule has 2 aliphatic carbocycles. The van der Waals surface area contributed by atoms with Crippen molar-refractivity contribution in [1.29, 1.82) is 0 Å². The summed E-state index contributed by atoms with van der Waals surface area (Å²) in [6.07, 6.45) is 1.91. The number of allylic oxidation sites excluding steroid dienone is 2. The van der Waals surface area contributed by atoms with Crippen molar-refractivity contribution >= 4 is 52.6 Å². The number of imide groups is 2. The Balaban J connectivity index is 1.36. The summed E-state index contributed by atoms with van der Waals surface area (Å²) in [5, 5.41) is 19.1. The Kier molecular flexibility index (Phi) is 6.68. The first kappa shape index (κ1) is 29.8. The molecule has 1 saturated carbocycles. The lowest BCUT2D eigenvalue weighted by atomic mass is 9.51. The fraction of sp³-hybridized carbons (Fsp3) is 0.265. The fourth-order valence-electron chi connectivity index (χ4n) is 8.00. The maximum atomic E-state index is 14.9. The second-order valence-electron chi connectivity index (χ2n) is 12.3. The van der Waals surface area contributed by atoms with Crippen molar-refractivity contribution in [2.45, 2.75) is 25.7 Å². The van der Waals surface area contributed by atoms with E-state index in [4.69, 9.17) is 11.6 Å². The maximum Gasteiger partial charge on any atom is 0.335 e. The van der Waals surface area contributed by atoms with Crippen LogP contribution in [0.4, 0.5) is 20.2 Å². The third kappa shape index (κ3) is 4.07. The Morgan fingerprint density at radius 1 is 0.891 bits per heavy atom. The molecule has 234 valence electrons. The molecular formula is C34H25ClF2N2O7. The van der Waals surface area contributed by atoms with Gasteiger partial charge in [0.1, 0.15) is 5.82 Å². The number of hydrogen-bond donors (Lipinski definition) is 2. The third-order valence-electron chi connectivity index (χ3n) is 10.1. The normalized spacial score (nSPS) is 28.6. The quantitative estimate of drug-likeness (QED) is 0.284. The number of halogens is 3. The number of fused-ring (bicyclic) bond motifs is 4. The highest BCUT2D eigenvalue weighted by Gasteiger charge is 2.67. The summed E-state index contributed by atoms with van der Waals surface area (Å²) in [7, 11) is 0. The lowest BCUT2D eigenvalue weighted by molar-refractivity contribution is -0.131. The van der Waals surface area contributed by atoms with Crippen LogP contribution in [-0.4, -0.2) is 39.8 Å². The first-order valence-electron chi connectivity index (χ1n) is 14.6. The van der Waals surface area contributed by atoms with Crippen LogP contribution in [0, 0.1) is 40.7 Å². The maximum absolute atomic E-state index is 14.9. The number of aromatic carboxylic acids is 1. The van der Waals surface area contributed by atoms with Crippen LogP contribution in [-0.2, 0) is 19.2 Å². The molecular weight excluding hydrogens is 622 g/mol. The number of phenolic OH excluding ortho intramolecular Hbond substituents is 1. The lowest BCUT2D eigenvalue weighted by Gasteiger charge is -2.49. The Labute approximate surface area is 265 Å². The zero-order valence-corrected chi connectivity index (χ0v) is 24.9. The summed E-state index contributed by atoms with van der Waals surface area (Å²) in [6, 6.07) is 12.7. The Morgan fingerprint density at radius 2 is 1.63 bits per heavy atom. The molecule has 6 unspecified atom stereocenters. The molecule has 3 aromatic carbocycles. The van der Waals surface area contributed by atoms with E-state index < -0.39 is 82.0 Å². The van der Waals surface area contributed by atoms with Gasteiger partial charge in [-0.15, -0.1) is 0 Å². The van der Waals surface area contributed by atoms with Gasteiger partial charge in [0, 0.05) is 5.92 Å². The summed E-state index contributed by atoms with van der Waals surface area (Å²) >= 11 is 6.01. The largest absolute Gasteiger partial charge is 0.505 e. The van der Waals surface area contributed by atoms with E-state index >= 15 is 0 Å². The number of rotatable bonds is 4. The first-order chi connectivity index (χ1) is 21.8. The molecule has 2 aliphatic heterocycles. The SMILES string of the molecule is CC12C(=O)N(c3ccc(F)c(Cl)c3)C(=O)C1CC1C(=CCC3C(=O)N(c4cccc(C(=O)O)c4)C(=O)C31)C2c1ccc(O)c(F)c1. The van der Waals surface area contributed by atoms with Gasteiger partial charge in [-0.05, 0) is 79.8 Å². The summed E-state index contributed by atoms with van der Waals surface area (Å²) in [5.74, 6) is -10.2. The van der Waals surface area contributed by atoms with Crippen molar-refractivity contribution in [3.05, 3.63) is 100 Å². The number of carboxylic acids is 1. The van der Waals surface area contributed by atoms with Gasteiger partial charge >= 0.3 is 5.97 Å². The Hall–Kier alpha value is -4.90. The van der Waals surface area contributed by atoms with Crippen LogP contribution in [0.1, 0.15) is 41.6 Å². The summed E-state index contributed by atoms with van der Waals surface area (Å²) in [5.41, 5.74) is -0.551. The Bertz CT molecular complexity index is 1950. The van der Waals surface area contributed by atoms with Crippen LogP contribution in [0.15, 0.2) is 72.3 Å². The molecule has 6 atom stereocenters. The number of hydrogen-bond acceptors (Lipinski definition) is 6. The van der Waals surface area contributed by atoms with Gasteiger partial charge in [-0.3, -0.25) is 24.1 Å². The number of carbonyl (C=O) groups is 5. The lowest BCUT2D eigenvalue weighted by Crippen LogP contribution is -2.48. The van der Waals surface area contributed by atoms with Crippen LogP contribution in [0.2, 0.25) is 5.02 Å². The molecule has 0 spiro atoms. The number of anilines is 2. The van der Waals surface area contributed by atoms with Crippen molar-refractivity contribution in [1.82, 2.24) is 0 Å². The standard InChI is InChI=1S/C34H25ClF2N2O7/c1-34-22(30(42)39(33(34)46)18-6-9-24(36)23(35)13-18)14-21-19(28(34)15-5-10-26(40)25(37)12-15)7-8-20-27(21)31(43)38(29(20)41)17-4-2-3-16(11-17)32(44)45/h2-7,9-13,20-22,27-28,40H,8,14H2,1H3,(H,44,45). The van der Waals surface area contributed by atoms with Crippen molar-refractivity contribution < 1.29 is 43.0 Å². The molecule has 4 aliphatic rings. The predicted molar refractivity (Wildman–Crippen MR) is 160 cm³/mol. The molecule has 3 fully saturated rings. The minimum Gasteiger partial charge on any atom is -0.505 e. The minimum atomic E-state index is -1.49. The van der Waals surface area contributed by atoms with Gasteiger partial charge in [0.15, 0.2) is 11.6 Å². The molecule has 0 aromatic heterocycles. The molecule has 2 heterocycles. The molecule has 12 heteroatoms. The highest BCUT2D eigenvalue weighted by molar-refractivity contribution is 6.32. The predicted octanol–water partition coefficient (Wildman–Crippen LogP) is 5.46. The molecule has 9 nitrogen and oxygen atoms in total. The number of amides is 4. The zero-order chi connectivity index (χ0) is 32.8. The minimum absolute atomic E-state index is 0.0125. The van der Waals surface area contributed by atoms with E-state index in [0.717, 1.165) is 28.0 Å². The van der Waals surface area contributed by atoms with E-state index in [9.17, 15) is 43.0 Å². The number of nitrogens with zero attached hydrogens (tertiary/aromatic N) is 2. The average Bonchev–Trinajstić information content (AvgIpc) is 3.39. The van der Waals surface area contributed by atoms with Crippen molar-refractivity contribution in [2.75, 3.05) is 9.80 Å². The van der Waals surface area contributed by atoms with E-state index in [1.807, 2.05) is 0 Å². The van der Waals surface area contributed by atoms with Gasteiger partial charge < -0.3 is 10.2 Å². The van der Waals surface area contributed by atoms with E-state index in [0.29, 0.717) is 11.1 Å². The average molecular weight is 647 g/mol. The molecule has 0 bridgehead atoms. The summed E-state index contributed by atoms with van der Waals surface area (Å²) in [6.45, 7) is 1.60. The number of phenols is 1. The highest BCUT2D eigenvalue weighted by Crippen LogP contribution is 2.63. The highest BCUT2D eigenvalue weighted by atomic mass is 35.5. The number of carbonyl (C=O) groups excluding carboxylic acids is 4. The summed E-state index contributed by atoms with van der Waals surface area (Å²) in [4.78, 5) is 69.9. The van der Waals surface area contributed by atoms with Crippen molar-refractivity contribution in [2.24, 2.45) is 29.1 Å². The van der Waals surface area contributed by atoms with Crippen LogP contribution < -0.4 is 9.80 Å². The van der Waals surface area contributed by atoms with Gasteiger partial charge in [-0.25, -0.2) is 18.5 Å². The third-order valence-corrected chi connectivity index (χ3v) is 10.4. The second-order valence-corrected chi connectivity index (χ2v) is 12.7. The van der Waals surface area contributed by atoms with Gasteiger partial charge in [0.25, 0.3) is 0 Å². The fourth-order valence-corrected chi connectivity index (χ4v) is 8.18. The number of carboxylic acid groups (broad SMARTS) is 1. The van der Waals surface area contributed by atoms with Crippen molar-refractivity contribution in [3.8, 4) is 5.75 Å². The van der Waals surface area contributed by atoms with Gasteiger partial charge in [0.05, 0.1) is 45.1 Å². The number of benzene rings is 3. The molecule has 4 amide bonds. The molecule has 2 N–H and O–H groups in total. The van der Waals surface area contributed by atoms with Gasteiger partial charge in [-0.2, -0.15) is 0 Å². The number of aromatic hydroxyl groups is 1. The monoisotopic (exact) mass is 646 g/mol. The molecule has 3 aromatic rings. The van der Waals surface area contributed by atoms with Crippen LogP contribution in [0.25, 0.3) is 0 Å². The van der Waals surface area contributed by atoms with E-state index in [-0.39, 0.29) is 34.8 Å². The topological polar surface area (TPSA) is 132 Å². The van der Waals surface area contributed by atoms with Gasteiger partial charge in [0.2, 0.25) is 23.6 Å². The van der Waals surface area contributed by atoms with Crippen LogP contribution in [0.5, 0.6) is 5.75 Å². The molecule has 0 radical (unpaired) electrons. The first-order valence-corrected chi connectivity index (χ1v) is 14.9. The molecule has 7 rings (SSSR count). The van der Waals surface area contributed by atoms with E-state index in [1.54, 1.807) is 13.0 Å². The second kappa shape index (κ2) is 10.3. The summed E-state index contributed by atoms with van der Waals surface area (Å²) < 4.78 is 28.9. The molecule has 2 saturated heterocycles. The van der Waals surface area contributed by atoms with E-state index in [2.05, 4.69) is 0 Å². The van der Waals surface area contributed by atoms with Gasteiger partial charge in [-0.1, -0.05) is 35.4 Å².